The highest BCUT2D eigenvalue weighted by Crippen LogP contribution is 2.33. The fraction of sp³-hybridized carbons (Fsp3) is 0.292. The number of carbonyl (C=O) groups is 1. The molecule has 5 atom stereocenters. The van der Waals surface area contributed by atoms with Crippen molar-refractivity contribution in [1.82, 2.24) is 15.1 Å². The van der Waals surface area contributed by atoms with Crippen LogP contribution in [0.25, 0.3) is 10.9 Å². The summed E-state index contributed by atoms with van der Waals surface area (Å²) in [7, 11) is 0. The topological polar surface area (TPSA) is 161 Å². The van der Waals surface area contributed by atoms with Crippen molar-refractivity contribution in [3.8, 4) is 6.07 Å². The van der Waals surface area contributed by atoms with E-state index in [-0.39, 0.29) is 5.69 Å². The average Bonchev–Trinajstić information content (AvgIpc) is 3.24. The van der Waals surface area contributed by atoms with Crippen LogP contribution in [0.15, 0.2) is 64.8 Å². The number of carboxylic acid groups (broad SMARTS) is 1. The Hall–Kier alpha value is -3.27. The lowest BCUT2D eigenvalue weighted by molar-refractivity contribution is -0.146. The zero-order valence-electron chi connectivity index (χ0n) is 18.3. The molecule has 0 radical (unpaired) electrons. The van der Waals surface area contributed by atoms with Gasteiger partial charge in [-0.1, -0.05) is 46.3 Å². The predicted octanol–water partition coefficient (Wildman–Crippen LogP) is 1.45. The number of nitrogens with zero attached hydrogens (tertiary/aromatic N) is 3. The molecule has 10 nitrogen and oxygen atoms in total. The molecular weight excluding hydrogens is 520 g/mol. The molecule has 3 aromatic rings. The number of ether oxygens (including phenoxy) is 1. The molecule has 1 aliphatic heterocycles. The minimum absolute atomic E-state index is 0.191. The van der Waals surface area contributed by atoms with E-state index >= 15 is 0 Å². The first-order valence-electron chi connectivity index (χ1n) is 10.8. The second kappa shape index (κ2) is 10.6. The van der Waals surface area contributed by atoms with E-state index in [1.807, 2.05) is 30.3 Å². The van der Waals surface area contributed by atoms with Crippen LogP contribution in [0.4, 0.5) is 0 Å². The summed E-state index contributed by atoms with van der Waals surface area (Å²) < 4.78 is 7.74. The first-order valence-corrected chi connectivity index (χ1v) is 11.6. The van der Waals surface area contributed by atoms with Crippen molar-refractivity contribution in [3.05, 3.63) is 76.1 Å². The van der Waals surface area contributed by atoms with Crippen LogP contribution in [0.2, 0.25) is 0 Å². The van der Waals surface area contributed by atoms with Gasteiger partial charge in [-0.05, 0) is 29.8 Å². The van der Waals surface area contributed by atoms with Gasteiger partial charge in [-0.3, -0.25) is 0 Å². The van der Waals surface area contributed by atoms with E-state index in [0.717, 1.165) is 10.0 Å². The van der Waals surface area contributed by atoms with E-state index in [0.29, 0.717) is 17.4 Å². The van der Waals surface area contributed by atoms with E-state index in [1.54, 1.807) is 18.2 Å². The third-order valence-corrected chi connectivity index (χ3v) is 6.36. The summed E-state index contributed by atoms with van der Waals surface area (Å²) in [6.07, 6.45) is -3.18. The maximum Gasteiger partial charge on any atom is 0.370 e. The molecule has 0 bridgehead atoms. The van der Waals surface area contributed by atoms with Crippen LogP contribution >= 0.6 is 15.9 Å². The van der Waals surface area contributed by atoms with E-state index in [4.69, 9.17) is 4.74 Å². The van der Waals surface area contributed by atoms with Gasteiger partial charge in [-0.25, -0.2) is 9.48 Å². The van der Waals surface area contributed by atoms with Gasteiger partial charge in [-0.2, -0.15) is 10.4 Å². The van der Waals surface area contributed by atoms with E-state index in [9.17, 15) is 30.5 Å². The third-order valence-electron chi connectivity index (χ3n) is 5.87. The van der Waals surface area contributed by atoms with Gasteiger partial charge in [0.05, 0.1) is 24.2 Å². The number of aromatic nitrogens is 2. The van der Waals surface area contributed by atoms with Crippen molar-refractivity contribution < 1.29 is 30.0 Å². The molecule has 2 heterocycles. The normalized spacial score (nSPS) is 21.6. The lowest BCUT2D eigenvalue weighted by atomic mass is 9.91. The summed E-state index contributed by atoms with van der Waals surface area (Å²) in [6.45, 7) is -0.444. The van der Waals surface area contributed by atoms with Gasteiger partial charge in [-0.15, -0.1) is 0 Å². The van der Waals surface area contributed by atoms with Crippen molar-refractivity contribution in [2.45, 2.75) is 36.9 Å². The highest BCUT2D eigenvalue weighted by Gasteiger charge is 2.44. The van der Waals surface area contributed by atoms with E-state index in [2.05, 4.69) is 32.4 Å². The zero-order valence-corrected chi connectivity index (χ0v) is 19.9. The molecule has 2 aromatic carbocycles. The van der Waals surface area contributed by atoms with E-state index < -0.39 is 48.7 Å². The summed E-state index contributed by atoms with van der Waals surface area (Å²) in [4.78, 5) is 11.9. The fourth-order valence-corrected chi connectivity index (χ4v) is 4.50. The second-order valence-electron chi connectivity index (χ2n) is 8.11. The number of aliphatic hydroxyl groups excluding tert-OH is 3. The van der Waals surface area contributed by atoms with Crippen LogP contribution in [0.3, 0.4) is 0 Å². The van der Waals surface area contributed by atoms with Crippen LogP contribution < -0.4 is 5.32 Å². The Kier molecular flexibility index (Phi) is 7.49. The van der Waals surface area contributed by atoms with Gasteiger partial charge in [0.1, 0.15) is 30.1 Å². The summed E-state index contributed by atoms with van der Waals surface area (Å²) in [5.41, 5.74) is 1.62. The zero-order chi connectivity index (χ0) is 25.1. The highest BCUT2D eigenvalue weighted by atomic mass is 79.9. The molecule has 0 saturated heterocycles. The van der Waals surface area contributed by atoms with Crippen molar-refractivity contribution >= 4 is 32.8 Å². The molecule has 0 fully saturated rings. The van der Waals surface area contributed by atoms with Crippen molar-refractivity contribution in [2.24, 2.45) is 0 Å². The Labute approximate surface area is 208 Å². The third kappa shape index (κ3) is 5.07. The molecule has 0 amide bonds. The number of halogens is 1. The molecular formula is C24H23BrN4O6. The van der Waals surface area contributed by atoms with Crippen LogP contribution in [0.5, 0.6) is 0 Å². The molecule has 0 unspecified atom stereocenters. The number of benzene rings is 2. The van der Waals surface area contributed by atoms with Crippen LogP contribution in [-0.4, -0.2) is 67.1 Å². The summed E-state index contributed by atoms with van der Waals surface area (Å²) in [5.74, 6) is -1.85. The van der Waals surface area contributed by atoms with Gasteiger partial charge in [0.15, 0.2) is 0 Å². The van der Waals surface area contributed by atoms with Crippen molar-refractivity contribution in [1.29, 1.82) is 5.26 Å². The number of hydrogen-bond donors (Lipinski definition) is 5. The number of hydrogen-bond acceptors (Lipinski definition) is 8. The molecule has 0 aliphatic carbocycles. The van der Waals surface area contributed by atoms with Gasteiger partial charge in [0.2, 0.25) is 5.76 Å². The average molecular weight is 543 g/mol. The second-order valence-corrected chi connectivity index (χ2v) is 9.02. The summed E-state index contributed by atoms with van der Waals surface area (Å²) in [5, 5.41) is 58.4. The smallest absolute Gasteiger partial charge is 0.370 e. The standard InChI is InChI=1S/C24H23BrN4O6/c25-14-6-7-16-15(8-14)18(10-26)29(28-16)17-9-20(24(33)34)35-23(22(32)19(31)12-30)21(17)27-11-13-4-2-1-3-5-13/h1-9,17,19,21-23,27,30-32H,11-12H2,(H,33,34)/t17-,19+,21+,22+,23+/m0/s1. The molecule has 1 aromatic heterocycles. The molecule has 1 aliphatic rings. The number of rotatable bonds is 8. The van der Waals surface area contributed by atoms with Crippen LogP contribution in [0.1, 0.15) is 17.3 Å². The number of aliphatic carboxylic acids is 1. The Balaban J connectivity index is 1.84. The summed E-state index contributed by atoms with van der Waals surface area (Å²) in [6, 6.07) is 15.0. The lowest BCUT2D eigenvalue weighted by Crippen LogP contribution is -2.57. The van der Waals surface area contributed by atoms with Gasteiger partial charge >= 0.3 is 5.97 Å². The number of carboxylic acids is 1. The fourth-order valence-electron chi connectivity index (χ4n) is 4.14. The van der Waals surface area contributed by atoms with Crippen LogP contribution in [-0.2, 0) is 16.1 Å². The quantitative estimate of drug-likeness (QED) is 0.283. The Bertz CT molecular complexity index is 1290. The first kappa shape index (κ1) is 24.8. The SMILES string of the molecule is N#Cc1c2cc(Br)ccc2nn1[C@H]1C=C(C(=O)O)O[C@@H]([C@H](O)[C@H](O)CO)[C@@H]1NCc1ccccc1. The molecule has 0 saturated carbocycles. The predicted molar refractivity (Wildman–Crippen MR) is 128 cm³/mol. The largest absolute Gasteiger partial charge is 0.479 e. The lowest BCUT2D eigenvalue weighted by Gasteiger charge is -2.40. The number of nitrogens with one attached hydrogen (secondary N) is 1. The molecule has 35 heavy (non-hydrogen) atoms. The number of aliphatic hydroxyl groups is 3. The molecule has 0 spiro atoms. The molecule has 11 heteroatoms. The Morgan fingerprint density at radius 1 is 1.26 bits per heavy atom. The monoisotopic (exact) mass is 542 g/mol. The molecule has 5 N–H and O–H groups in total. The minimum atomic E-state index is -1.64. The van der Waals surface area contributed by atoms with Gasteiger partial charge < -0.3 is 30.5 Å². The molecule has 4 rings (SSSR count). The Morgan fingerprint density at radius 2 is 2.00 bits per heavy atom. The number of fused-ring (bicyclic) bond motifs is 1. The van der Waals surface area contributed by atoms with Crippen LogP contribution in [0, 0.1) is 11.3 Å². The maximum atomic E-state index is 11.9. The maximum absolute atomic E-state index is 11.9. The Morgan fingerprint density at radius 3 is 2.66 bits per heavy atom. The summed E-state index contributed by atoms with van der Waals surface area (Å²) >= 11 is 3.39. The number of nitriles is 1. The highest BCUT2D eigenvalue weighted by molar-refractivity contribution is 9.10. The van der Waals surface area contributed by atoms with Crippen molar-refractivity contribution in [3.63, 3.8) is 0 Å². The minimum Gasteiger partial charge on any atom is -0.479 e. The van der Waals surface area contributed by atoms with Gasteiger partial charge in [0, 0.05) is 16.4 Å². The van der Waals surface area contributed by atoms with Crippen molar-refractivity contribution in [2.75, 3.05) is 6.61 Å². The van der Waals surface area contributed by atoms with Gasteiger partial charge in [0.25, 0.3) is 0 Å². The van der Waals surface area contributed by atoms with E-state index in [1.165, 1.54) is 10.8 Å². The molecule has 182 valence electrons. The first-order chi connectivity index (χ1) is 16.8.